The zero-order chi connectivity index (χ0) is 93.5. The fourth-order valence-corrected chi connectivity index (χ4v) is 20.7. The number of rotatable bonds is 80. The summed E-state index contributed by atoms with van der Waals surface area (Å²) in [7, 11) is 0. The quantitative estimate of drug-likeness (QED) is 0.0159. The van der Waals surface area contributed by atoms with Crippen LogP contribution in [-0.2, 0) is 0 Å². The van der Waals surface area contributed by atoms with Gasteiger partial charge in [-0.25, -0.2) is 0 Å². The number of imide groups is 2. The molecule has 0 aromatic heterocycles. The third kappa shape index (κ3) is 34.8. The Morgan fingerprint density at radius 3 is 0.682 bits per heavy atom. The smallest absolute Gasteiger partial charge is 0.261 e. The molecular weight excluding hydrogens is 1780 g/mol. The minimum absolute atomic E-state index is 0.0281. The lowest BCUT2D eigenvalue weighted by Gasteiger charge is -2.31. The van der Waals surface area contributed by atoms with Crippen molar-refractivity contribution in [3.8, 4) is 34.5 Å². The van der Waals surface area contributed by atoms with E-state index in [1.807, 2.05) is 12.1 Å². The van der Waals surface area contributed by atoms with Gasteiger partial charge in [0, 0.05) is 101 Å². The van der Waals surface area contributed by atoms with Gasteiger partial charge in [0.25, 0.3) is 35.4 Å². The molecule has 0 unspecified atom stereocenters. The van der Waals surface area contributed by atoms with Crippen molar-refractivity contribution in [3.63, 3.8) is 0 Å². The molecule has 0 aliphatic carbocycles. The highest BCUT2D eigenvalue weighted by Gasteiger charge is 2.39. The second-order valence-electron chi connectivity index (χ2n) is 38.2. The number of carbonyl (C=O) groups is 6. The number of hydrogen-bond donors (Lipinski definition) is 2. The standard InChI is InChI=1S/C114H170Br2N4O12/c1-7-13-19-25-31-37-43-49-55-61-75-127-97-81-87(82-98(128-76-62-56-50-44-38-32-26-20-14-8-2)107(97)131-79-65-59-53-47-41-35-29-23-17-11-5)109(121)117-71-73-119-111(123)91-69-67-89-104-96(116)86-94-102-92(70-68-90(106(102)104)103-95(115)85-93(113(119)125)101(91)105(89)103)112(124)120(114(94)126)74-72-118-110(122)88-83-99(129-77-63-57-51-45-39-33-27-21-15-9-3)108(132-80-66-60-54-48-42-36-30-24-18-12-6)100(84-88)130-78-64-58-52-46-40-34-28-22-16-10-4/h67-70,81-86H,7-66,71-80H2,1-6H3,(H,117,121)(H,118,122). The highest BCUT2D eigenvalue weighted by molar-refractivity contribution is 9.11. The van der Waals surface area contributed by atoms with E-state index in [0.29, 0.717) is 138 Å². The second kappa shape index (κ2) is 64.0. The summed E-state index contributed by atoms with van der Waals surface area (Å²) in [5.41, 5.74) is 2.00. The van der Waals surface area contributed by atoms with E-state index in [4.69, 9.17) is 28.4 Å². The van der Waals surface area contributed by atoms with Gasteiger partial charge in [-0.3, -0.25) is 38.6 Å². The molecule has 2 aliphatic rings. The second-order valence-corrected chi connectivity index (χ2v) is 39.9. The molecule has 132 heavy (non-hydrogen) atoms. The largest absolute Gasteiger partial charge is 0.490 e. The van der Waals surface area contributed by atoms with Gasteiger partial charge in [0.05, 0.1) is 39.6 Å². The molecule has 2 N–H and O–H groups in total. The molecule has 7 aromatic carbocycles. The number of nitrogens with zero attached hydrogens (tertiary/aromatic N) is 2. The highest BCUT2D eigenvalue weighted by atomic mass is 79.9. The Bertz CT molecular complexity index is 4180. The molecule has 732 valence electrons. The molecule has 2 heterocycles. The zero-order valence-electron chi connectivity index (χ0n) is 82.8. The van der Waals surface area contributed by atoms with Crippen molar-refractivity contribution in [2.75, 3.05) is 65.8 Å². The molecule has 6 amide bonds. The number of carbonyl (C=O) groups excluding carboxylic acids is 6. The first kappa shape index (κ1) is 108. The number of hydrogen-bond acceptors (Lipinski definition) is 12. The maximum Gasteiger partial charge on any atom is 0.261 e. The van der Waals surface area contributed by atoms with Crippen LogP contribution in [0.4, 0.5) is 0 Å². The van der Waals surface area contributed by atoms with Gasteiger partial charge in [0.15, 0.2) is 23.0 Å². The molecule has 0 spiro atoms. The lowest BCUT2D eigenvalue weighted by Crippen LogP contribution is -2.44. The van der Waals surface area contributed by atoms with Gasteiger partial charge in [0.2, 0.25) is 11.5 Å². The third-order valence-corrected chi connectivity index (χ3v) is 28.5. The van der Waals surface area contributed by atoms with Crippen LogP contribution < -0.4 is 39.1 Å². The van der Waals surface area contributed by atoms with E-state index in [1.54, 1.807) is 48.5 Å². The molecule has 0 saturated carbocycles. The summed E-state index contributed by atoms with van der Waals surface area (Å²) >= 11 is 7.85. The third-order valence-electron chi connectivity index (χ3n) is 27.2. The van der Waals surface area contributed by atoms with Gasteiger partial charge in [-0.2, -0.15) is 0 Å². The number of halogens is 2. The van der Waals surface area contributed by atoms with Gasteiger partial charge < -0.3 is 39.1 Å². The SMILES string of the molecule is CCCCCCCCCCCCOc1cc(C(=O)NCCN2C(=O)c3ccc4c5c(Br)cc6c7c(ccc(c8c(Br)cc(c3c48)C2=O)c75)C(=O)N(CCNC(=O)c2cc(OCCCCCCCCCCCC)c(OCCCCCCCCCCCC)c(OCCCCCCCCCCCC)c2)C6=O)cc(OCCCCCCCCCCCC)c1OCCCCCCCCCCCC. The Morgan fingerprint density at radius 2 is 0.455 bits per heavy atom. The highest BCUT2D eigenvalue weighted by Crippen LogP contribution is 2.51. The lowest BCUT2D eigenvalue weighted by atomic mass is 9.82. The van der Waals surface area contributed by atoms with E-state index in [-0.39, 0.29) is 26.2 Å². The first-order valence-electron chi connectivity index (χ1n) is 53.8. The van der Waals surface area contributed by atoms with Gasteiger partial charge in [-0.15, -0.1) is 0 Å². The maximum absolute atomic E-state index is 15.1. The van der Waals surface area contributed by atoms with Crippen LogP contribution in [0, 0.1) is 0 Å². The Kier molecular flexibility index (Phi) is 52.6. The van der Waals surface area contributed by atoms with E-state index in [9.17, 15) is 9.59 Å². The van der Waals surface area contributed by atoms with Crippen molar-refractivity contribution < 1.29 is 57.2 Å². The predicted octanol–water partition coefficient (Wildman–Crippen LogP) is 33.1. The Hall–Kier alpha value is -7.18. The topological polar surface area (TPSA) is 188 Å². The Morgan fingerprint density at radius 1 is 0.250 bits per heavy atom. The molecule has 2 aliphatic heterocycles. The average Bonchev–Trinajstić information content (AvgIpc) is 0.682. The monoisotopic (exact) mass is 1950 g/mol. The summed E-state index contributed by atoms with van der Waals surface area (Å²) < 4.78 is 41.2. The fraction of sp³-hybridized carbons (Fsp3) is 0.667. The molecule has 9 rings (SSSR count). The van der Waals surface area contributed by atoms with E-state index < -0.39 is 35.4 Å². The summed E-state index contributed by atoms with van der Waals surface area (Å²) in [4.78, 5) is 92.2. The van der Waals surface area contributed by atoms with Crippen molar-refractivity contribution in [1.29, 1.82) is 0 Å². The lowest BCUT2D eigenvalue weighted by molar-refractivity contribution is 0.0594. The van der Waals surface area contributed by atoms with Crippen LogP contribution in [0.3, 0.4) is 0 Å². The van der Waals surface area contributed by atoms with Gasteiger partial charge >= 0.3 is 0 Å². The Labute approximate surface area is 812 Å². The summed E-state index contributed by atoms with van der Waals surface area (Å²) in [5.74, 6) is 0.214. The van der Waals surface area contributed by atoms with Crippen LogP contribution in [0.15, 0.2) is 69.6 Å². The molecule has 0 bridgehead atoms. The maximum atomic E-state index is 15.1. The van der Waals surface area contributed by atoms with Crippen LogP contribution in [0.25, 0.3) is 43.1 Å². The predicted molar refractivity (Wildman–Crippen MR) is 555 cm³/mol. The summed E-state index contributed by atoms with van der Waals surface area (Å²) in [6, 6.07) is 17.9. The summed E-state index contributed by atoms with van der Waals surface area (Å²) in [6.07, 6.45) is 72.2. The number of fused-ring (bicyclic) bond motifs is 2. The van der Waals surface area contributed by atoms with Gasteiger partial charge in [-0.1, -0.05) is 432 Å². The van der Waals surface area contributed by atoms with Gasteiger partial charge in [0.1, 0.15) is 0 Å². The molecule has 18 heteroatoms. The first-order chi connectivity index (χ1) is 64.8. The number of amides is 6. The minimum atomic E-state index is -0.498. The van der Waals surface area contributed by atoms with Crippen LogP contribution in [0.1, 0.15) is 489 Å². The molecule has 0 fully saturated rings. The number of unbranched alkanes of at least 4 members (excludes halogenated alkanes) is 54. The fourth-order valence-electron chi connectivity index (χ4n) is 19.4. The van der Waals surface area contributed by atoms with Crippen molar-refractivity contribution in [2.24, 2.45) is 0 Å². The van der Waals surface area contributed by atoms with Crippen LogP contribution >= 0.6 is 31.9 Å². The number of nitrogens with one attached hydrogen (secondary N) is 2. The van der Waals surface area contributed by atoms with E-state index >= 15 is 19.2 Å². The zero-order valence-corrected chi connectivity index (χ0v) is 86.0. The van der Waals surface area contributed by atoms with Crippen molar-refractivity contribution in [2.45, 2.75) is 427 Å². The van der Waals surface area contributed by atoms with E-state index in [2.05, 4.69) is 84.0 Å². The molecular formula is C114H170Br2N4O12. The van der Waals surface area contributed by atoms with Gasteiger partial charge in [-0.05, 0) is 97.8 Å². The number of benzene rings is 7. The van der Waals surface area contributed by atoms with Crippen LogP contribution in [-0.4, -0.2) is 111 Å². The van der Waals surface area contributed by atoms with Crippen LogP contribution in [0.2, 0.25) is 0 Å². The normalized spacial score (nSPS) is 12.6. The Balaban J connectivity index is 0.897. The first-order valence-corrected chi connectivity index (χ1v) is 55.4. The summed E-state index contributed by atoms with van der Waals surface area (Å²) in [5, 5.41) is 11.4. The number of ether oxygens (including phenoxy) is 6. The minimum Gasteiger partial charge on any atom is -0.490 e. The molecule has 16 nitrogen and oxygen atoms in total. The van der Waals surface area contributed by atoms with Crippen molar-refractivity contribution in [1.82, 2.24) is 20.4 Å². The molecule has 7 aromatic rings. The van der Waals surface area contributed by atoms with E-state index in [0.717, 1.165) is 137 Å². The van der Waals surface area contributed by atoms with Crippen molar-refractivity contribution in [3.05, 3.63) is 103 Å². The molecule has 0 saturated heterocycles. The average molecular weight is 1950 g/mol. The van der Waals surface area contributed by atoms with E-state index in [1.165, 1.54) is 279 Å². The van der Waals surface area contributed by atoms with Crippen molar-refractivity contribution >= 4 is 110 Å². The summed E-state index contributed by atoms with van der Waals surface area (Å²) in [6.45, 7) is 16.2. The van der Waals surface area contributed by atoms with Crippen LogP contribution in [0.5, 0.6) is 34.5 Å². The molecule has 0 atom stereocenters. The molecule has 0 radical (unpaired) electrons.